The van der Waals surface area contributed by atoms with Gasteiger partial charge in [-0.25, -0.2) is 4.79 Å². The highest BCUT2D eigenvalue weighted by atomic mass is 16.5. The monoisotopic (exact) mass is 532 g/mol. The highest BCUT2D eigenvalue weighted by Crippen LogP contribution is 2.31. The number of aromatic nitrogens is 1. The van der Waals surface area contributed by atoms with Gasteiger partial charge in [-0.1, -0.05) is 75.2 Å². The fourth-order valence-corrected chi connectivity index (χ4v) is 5.07. The van der Waals surface area contributed by atoms with Gasteiger partial charge in [0, 0.05) is 36.0 Å². The summed E-state index contributed by atoms with van der Waals surface area (Å²) in [5, 5.41) is 3.98. The van der Waals surface area contributed by atoms with E-state index in [4.69, 9.17) is 10.5 Å². The fraction of sp³-hybridized carbons (Fsp3) is 0.452. The number of nitrogens with one attached hydrogen (secondary N) is 2. The Hall–Kier alpha value is -3.65. The van der Waals surface area contributed by atoms with Crippen molar-refractivity contribution in [1.82, 2.24) is 15.2 Å². The number of fused-ring (bicyclic) bond motifs is 3. The van der Waals surface area contributed by atoms with Gasteiger partial charge in [-0.3, -0.25) is 9.59 Å². The van der Waals surface area contributed by atoms with Crippen molar-refractivity contribution in [3.8, 4) is 0 Å². The molecule has 0 saturated heterocycles. The Kier molecular flexibility index (Phi) is 9.76. The van der Waals surface area contributed by atoms with Gasteiger partial charge >= 0.3 is 5.97 Å². The molecule has 3 atom stereocenters. The van der Waals surface area contributed by atoms with Gasteiger partial charge in [-0.15, -0.1) is 0 Å². The van der Waals surface area contributed by atoms with Crippen LogP contribution in [0.25, 0.3) is 10.9 Å². The number of nitrogens with two attached hydrogens (primary N) is 1. The van der Waals surface area contributed by atoms with Gasteiger partial charge in [0.2, 0.25) is 11.8 Å². The van der Waals surface area contributed by atoms with Gasteiger partial charge in [-0.2, -0.15) is 0 Å². The fourth-order valence-electron chi connectivity index (χ4n) is 5.07. The first-order chi connectivity index (χ1) is 18.9. The molecule has 0 fully saturated rings. The second kappa shape index (κ2) is 13.4. The Morgan fingerprint density at radius 2 is 1.82 bits per heavy atom. The summed E-state index contributed by atoms with van der Waals surface area (Å²) in [7, 11) is 0. The lowest BCUT2D eigenvalue weighted by atomic mass is 9.96. The average Bonchev–Trinajstić information content (AvgIpc) is 3.34. The number of amides is 2. The number of hydrogen-bond donors (Lipinski definition) is 3. The molecule has 2 aromatic carbocycles. The molecule has 0 bridgehead atoms. The van der Waals surface area contributed by atoms with Crippen LogP contribution in [-0.2, 0) is 38.7 Å². The van der Waals surface area contributed by atoms with Crippen LogP contribution in [0.2, 0.25) is 0 Å². The van der Waals surface area contributed by atoms with Crippen molar-refractivity contribution in [3.05, 3.63) is 71.4 Å². The number of para-hydroxylation sites is 1. The Morgan fingerprint density at radius 1 is 1.08 bits per heavy atom. The maximum Gasteiger partial charge on any atom is 0.329 e. The molecule has 0 radical (unpaired) electrons. The van der Waals surface area contributed by atoms with E-state index in [2.05, 4.69) is 10.3 Å². The van der Waals surface area contributed by atoms with E-state index in [-0.39, 0.29) is 30.3 Å². The van der Waals surface area contributed by atoms with Crippen molar-refractivity contribution in [2.24, 2.45) is 11.7 Å². The minimum Gasteiger partial charge on any atom is -0.459 e. The molecule has 1 aromatic heterocycles. The molecule has 4 rings (SSSR count). The molecule has 1 aliphatic rings. The first kappa shape index (κ1) is 28.4. The average molecular weight is 533 g/mol. The molecule has 8 nitrogen and oxygen atoms in total. The molecular weight excluding hydrogens is 492 g/mol. The van der Waals surface area contributed by atoms with E-state index in [0.717, 1.165) is 47.0 Å². The minimum absolute atomic E-state index is 0.0659. The number of aromatic amines is 1. The van der Waals surface area contributed by atoms with Crippen LogP contribution >= 0.6 is 0 Å². The van der Waals surface area contributed by atoms with Crippen molar-refractivity contribution < 1.29 is 19.1 Å². The molecule has 0 unspecified atom stereocenters. The summed E-state index contributed by atoms with van der Waals surface area (Å²) < 4.78 is 5.68. The largest absolute Gasteiger partial charge is 0.459 e. The maximum absolute atomic E-state index is 13.4. The lowest BCUT2D eigenvalue weighted by molar-refractivity contribution is -0.157. The van der Waals surface area contributed by atoms with Crippen LogP contribution < -0.4 is 11.1 Å². The highest BCUT2D eigenvalue weighted by Gasteiger charge is 2.37. The molecule has 2 amide bonds. The topological polar surface area (TPSA) is 118 Å². The van der Waals surface area contributed by atoms with Crippen LogP contribution in [0.15, 0.2) is 54.6 Å². The number of unbranched alkanes of at least 4 members (excludes halogenated alkanes) is 2. The summed E-state index contributed by atoms with van der Waals surface area (Å²) in [6, 6.07) is 16.4. The SMILES string of the molecule is CC[C@H](C)[C@H](N)C(=O)NCCCCCC(=O)N1Cc2[nH]c3ccccc3c2C[C@H]1C(=O)OCc1ccccc1. The van der Waals surface area contributed by atoms with E-state index in [1.165, 1.54) is 0 Å². The second-order valence-corrected chi connectivity index (χ2v) is 10.5. The van der Waals surface area contributed by atoms with E-state index >= 15 is 0 Å². The summed E-state index contributed by atoms with van der Waals surface area (Å²) in [5.74, 6) is -0.440. The van der Waals surface area contributed by atoms with Gasteiger partial charge in [-0.05, 0) is 36.0 Å². The molecule has 2 heterocycles. The molecule has 1 aliphatic heterocycles. The first-order valence-corrected chi connectivity index (χ1v) is 14.0. The maximum atomic E-state index is 13.4. The van der Waals surface area contributed by atoms with E-state index in [1.807, 2.05) is 68.4 Å². The Morgan fingerprint density at radius 3 is 2.59 bits per heavy atom. The number of rotatable bonds is 12. The van der Waals surface area contributed by atoms with Crippen LogP contribution in [-0.4, -0.2) is 46.3 Å². The van der Waals surface area contributed by atoms with Gasteiger partial charge in [0.05, 0.1) is 12.6 Å². The molecular formula is C31H40N4O4. The minimum atomic E-state index is -0.672. The number of benzene rings is 2. The van der Waals surface area contributed by atoms with Crippen molar-refractivity contribution >= 4 is 28.7 Å². The Bertz CT molecular complexity index is 1270. The molecule has 0 spiro atoms. The van der Waals surface area contributed by atoms with Crippen LogP contribution in [0.4, 0.5) is 0 Å². The van der Waals surface area contributed by atoms with E-state index in [9.17, 15) is 14.4 Å². The van der Waals surface area contributed by atoms with E-state index in [1.54, 1.807) is 4.90 Å². The van der Waals surface area contributed by atoms with Gasteiger partial charge < -0.3 is 25.7 Å². The third kappa shape index (κ3) is 7.06. The number of carbonyl (C=O) groups excluding carboxylic acids is 3. The number of H-pyrrole nitrogens is 1. The predicted octanol–water partition coefficient (Wildman–Crippen LogP) is 4.21. The highest BCUT2D eigenvalue weighted by molar-refractivity contribution is 5.89. The van der Waals surface area contributed by atoms with Crippen LogP contribution in [0.5, 0.6) is 0 Å². The smallest absolute Gasteiger partial charge is 0.329 e. The third-order valence-corrected chi connectivity index (χ3v) is 7.75. The number of nitrogens with zero attached hydrogens (tertiary/aromatic N) is 1. The summed E-state index contributed by atoms with van der Waals surface area (Å²) in [5.41, 5.74) is 9.93. The summed E-state index contributed by atoms with van der Waals surface area (Å²) in [6.07, 6.45) is 3.83. The molecule has 8 heteroatoms. The summed E-state index contributed by atoms with van der Waals surface area (Å²) in [6.45, 7) is 5.04. The lowest BCUT2D eigenvalue weighted by Crippen LogP contribution is -2.49. The van der Waals surface area contributed by atoms with Crippen LogP contribution in [0.3, 0.4) is 0 Å². The predicted molar refractivity (Wildman–Crippen MR) is 151 cm³/mol. The van der Waals surface area contributed by atoms with Crippen molar-refractivity contribution in [1.29, 1.82) is 0 Å². The summed E-state index contributed by atoms with van der Waals surface area (Å²) >= 11 is 0. The van der Waals surface area contributed by atoms with Gasteiger partial charge in [0.25, 0.3) is 0 Å². The van der Waals surface area contributed by atoms with E-state index in [0.29, 0.717) is 32.4 Å². The first-order valence-electron chi connectivity index (χ1n) is 14.0. The zero-order chi connectivity index (χ0) is 27.8. The lowest BCUT2D eigenvalue weighted by Gasteiger charge is -2.34. The number of hydrogen-bond acceptors (Lipinski definition) is 5. The molecule has 4 N–H and O–H groups in total. The molecule has 3 aromatic rings. The van der Waals surface area contributed by atoms with E-state index < -0.39 is 12.1 Å². The number of ether oxygens (including phenoxy) is 1. The van der Waals surface area contributed by atoms with Crippen LogP contribution in [0.1, 0.15) is 62.8 Å². The van der Waals surface area contributed by atoms with Crippen molar-refractivity contribution in [3.63, 3.8) is 0 Å². The Balaban J connectivity index is 1.35. The molecule has 0 saturated carbocycles. The standard InChI is InChI=1S/C31H40N4O4/c1-3-21(2)29(32)30(37)33-17-11-5-8-16-28(36)35-19-26-24(23-14-9-10-15-25(23)34-26)18-27(35)31(38)39-20-22-12-6-4-7-13-22/h4,6-7,9-10,12-15,21,27,29,34H,3,5,8,11,16-20,32H2,1-2H3,(H,33,37)/t21-,27-,29-/m0/s1. The summed E-state index contributed by atoms with van der Waals surface area (Å²) in [4.78, 5) is 43.9. The third-order valence-electron chi connectivity index (χ3n) is 7.75. The van der Waals surface area contributed by atoms with Gasteiger partial charge in [0.1, 0.15) is 12.6 Å². The zero-order valence-corrected chi connectivity index (χ0v) is 22.9. The zero-order valence-electron chi connectivity index (χ0n) is 22.9. The quantitative estimate of drug-likeness (QED) is 0.239. The van der Waals surface area contributed by atoms with Crippen LogP contribution in [0, 0.1) is 5.92 Å². The van der Waals surface area contributed by atoms with Gasteiger partial charge in [0.15, 0.2) is 0 Å². The van der Waals surface area contributed by atoms with Crippen molar-refractivity contribution in [2.45, 2.75) is 77.6 Å². The van der Waals surface area contributed by atoms with Crippen molar-refractivity contribution in [2.75, 3.05) is 6.54 Å². The number of esters is 1. The Labute approximate surface area is 230 Å². The number of carbonyl (C=O) groups is 3. The second-order valence-electron chi connectivity index (χ2n) is 10.5. The molecule has 0 aliphatic carbocycles. The normalized spacial score (nSPS) is 16.4. The molecule has 208 valence electrons. The molecule has 39 heavy (non-hydrogen) atoms.